The van der Waals surface area contributed by atoms with E-state index in [-0.39, 0.29) is 17.6 Å². The molecule has 0 bridgehead atoms. The number of rotatable bonds is 6. The Morgan fingerprint density at radius 2 is 1.97 bits per heavy atom. The van der Waals surface area contributed by atoms with E-state index >= 15 is 0 Å². The summed E-state index contributed by atoms with van der Waals surface area (Å²) in [7, 11) is 3.14. The zero-order valence-electron chi connectivity index (χ0n) is 18.6. The summed E-state index contributed by atoms with van der Waals surface area (Å²) in [6, 6.07) is 8.52. The average Bonchev–Trinajstić information content (AvgIpc) is 2.80. The van der Waals surface area contributed by atoms with Gasteiger partial charge in [0.05, 0.1) is 32.2 Å². The van der Waals surface area contributed by atoms with Gasteiger partial charge >= 0.3 is 0 Å². The van der Waals surface area contributed by atoms with Crippen LogP contribution in [0.5, 0.6) is 11.5 Å². The first-order valence-corrected chi connectivity index (χ1v) is 10.4. The van der Waals surface area contributed by atoms with Crippen LogP contribution >= 0.6 is 0 Å². The molecule has 9 heteroatoms. The fourth-order valence-electron chi connectivity index (χ4n) is 3.97. The molecule has 1 aromatic carbocycles. The van der Waals surface area contributed by atoms with Crippen molar-refractivity contribution in [3.63, 3.8) is 0 Å². The van der Waals surface area contributed by atoms with E-state index in [9.17, 15) is 9.90 Å². The molecule has 0 saturated carbocycles. The fourth-order valence-corrected chi connectivity index (χ4v) is 3.97. The van der Waals surface area contributed by atoms with Gasteiger partial charge in [-0.05, 0) is 38.5 Å². The minimum atomic E-state index is -0.874. The van der Waals surface area contributed by atoms with Gasteiger partial charge in [0.15, 0.2) is 0 Å². The number of benzene rings is 1. The smallest absolute Gasteiger partial charge is 0.255 e. The Balaban J connectivity index is 1.75. The van der Waals surface area contributed by atoms with Gasteiger partial charge in [0.2, 0.25) is 5.95 Å². The molecule has 0 spiro atoms. The van der Waals surface area contributed by atoms with E-state index in [0.29, 0.717) is 40.9 Å². The Morgan fingerprint density at radius 3 is 2.66 bits per heavy atom. The summed E-state index contributed by atoms with van der Waals surface area (Å²) in [6.45, 7) is 4.95. The lowest BCUT2D eigenvalue weighted by Crippen LogP contribution is -2.53. The number of hydrogen-bond donors (Lipinski definition) is 1. The van der Waals surface area contributed by atoms with Crippen LogP contribution < -0.4 is 19.9 Å². The fraction of sp³-hybridized carbons (Fsp3) is 0.391. The second-order valence-corrected chi connectivity index (χ2v) is 8.32. The van der Waals surface area contributed by atoms with E-state index in [2.05, 4.69) is 23.8 Å². The zero-order valence-corrected chi connectivity index (χ0v) is 18.6. The van der Waals surface area contributed by atoms with Crippen molar-refractivity contribution < 1.29 is 14.6 Å². The lowest BCUT2D eigenvalue weighted by atomic mass is 9.94. The van der Waals surface area contributed by atoms with Crippen LogP contribution in [0.1, 0.15) is 31.9 Å². The molecule has 0 aliphatic carbocycles. The lowest BCUT2D eigenvalue weighted by Gasteiger charge is -2.45. The predicted molar refractivity (Wildman–Crippen MR) is 120 cm³/mol. The van der Waals surface area contributed by atoms with Gasteiger partial charge in [0.1, 0.15) is 23.9 Å². The summed E-state index contributed by atoms with van der Waals surface area (Å²) in [6.07, 6.45) is 2.90. The maximum atomic E-state index is 12.9. The minimum absolute atomic E-state index is 0.152. The number of hydrogen-bond acceptors (Lipinski definition) is 8. The van der Waals surface area contributed by atoms with E-state index in [1.54, 1.807) is 49.2 Å². The summed E-state index contributed by atoms with van der Waals surface area (Å²) in [4.78, 5) is 27.8. The van der Waals surface area contributed by atoms with Crippen LogP contribution in [0.25, 0.3) is 11.4 Å². The molecule has 3 aromatic rings. The molecule has 1 atom stereocenters. The molecule has 1 aliphatic heterocycles. The first-order valence-electron chi connectivity index (χ1n) is 10.4. The number of ether oxygens (including phenoxy) is 2. The molecular formula is C23H27N5O4. The standard InChI is InChI=1S/C23H27N5O4/c1-23(2)8-10-27-21(30)12-18(17-7-9-24-14-25-17)26-22(27)28(23)13-19(29)16-6-5-15(31-3)11-20(16)32-4/h5-7,9,11-12,14,19,29H,8,10,13H2,1-4H3/t19-/m1/s1. The van der Waals surface area contributed by atoms with E-state index in [1.165, 1.54) is 12.4 Å². The molecular weight excluding hydrogens is 410 g/mol. The molecule has 0 saturated heterocycles. The summed E-state index contributed by atoms with van der Waals surface area (Å²) in [5.74, 6) is 1.69. The number of fused-ring (bicyclic) bond motifs is 1. The molecule has 3 heterocycles. The highest BCUT2D eigenvalue weighted by Gasteiger charge is 2.36. The van der Waals surface area contributed by atoms with Gasteiger partial charge in [-0.3, -0.25) is 9.36 Å². The Bertz CT molecular complexity index is 1160. The highest BCUT2D eigenvalue weighted by atomic mass is 16.5. The molecule has 0 fully saturated rings. The van der Waals surface area contributed by atoms with Crippen molar-refractivity contribution in [3.8, 4) is 22.9 Å². The van der Waals surface area contributed by atoms with Crippen LogP contribution in [0.2, 0.25) is 0 Å². The lowest BCUT2D eigenvalue weighted by molar-refractivity contribution is 0.165. The maximum absolute atomic E-state index is 12.9. The monoisotopic (exact) mass is 437 g/mol. The number of nitrogens with zero attached hydrogens (tertiary/aromatic N) is 5. The number of aliphatic hydroxyl groups excluding tert-OH is 1. The summed E-state index contributed by atoms with van der Waals surface area (Å²) in [5.41, 5.74) is 1.20. The molecule has 32 heavy (non-hydrogen) atoms. The third kappa shape index (κ3) is 4.03. The third-order valence-electron chi connectivity index (χ3n) is 5.91. The van der Waals surface area contributed by atoms with Crippen LogP contribution in [0.15, 0.2) is 47.7 Å². The van der Waals surface area contributed by atoms with Crippen molar-refractivity contribution in [1.82, 2.24) is 19.5 Å². The van der Waals surface area contributed by atoms with Gasteiger partial charge in [-0.25, -0.2) is 15.0 Å². The normalized spacial score (nSPS) is 15.7. The molecule has 4 rings (SSSR count). The topological polar surface area (TPSA) is 103 Å². The molecule has 0 amide bonds. The van der Waals surface area contributed by atoms with Crippen LogP contribution in [-0.4, -0.2) is 50.9 Å². The molecule has 0 unspecified atom stereocenters. The van der Waals surface area contributed by atoms with E-state index < -0.39 is 6.10 Å². The van der Waals surface area contributed by atoms with Crippen LogP contribution in [-0.2, 0) is 6.54 Å². The zero-order chi connectivity index (χ0) is 22.9. The number of anilines is 1. The number of aliphatic hydroxyl groups is 1. The third-order valence-corrected chi connectivity index (χ3v) is 5.91. The van der Waals surface area contributed by atoms with Gasteiger partial charge in [0, 0.05) is 36.0 Å². The molecule has 9 nitrogen and oxygen atoms in total. The van der Waals surface area contributed by atoms with Crippen molar-refractivity contribution in [2.75, 3.05) is 25.7 Å². The molecule has 1 aliphatic rings. The van der Waals surface area contributed by atoms with E-state index in [1.807, 2.05) is 4.90 Å². The van der Waals surface area contributed by atoms with Crippen molar-refractivity contribution in [3.05, 3.63) is 58.8 Å². The van der Waals surface area contributed by atoms with Gasteiger partial charge in [-0.15, -0.1) is 0 Å². The first kappa shape index (κ1) is 21.8. The average molecular weight is 438 g/mol. The van der Waals surface area contributed by atoms with Gasteiger partial charge < -0.3 is 19.5 Å². The highest BCUT2D eigenvalue weighted by Crippen LogP contribution is 2.35. The second-order valence-electron chi connectivity index (χ2n) is 8.32. The Kier molecular flexibility index (Phi) is 5.84. The quantitative estimate of drug-likeness (QED) is 0.627. The van der Waals surface area contributed by atoms with Crippen LogP contribution in [0.3, 0.4) is 0 Å². The SMILES string of the molecule is COc1ccc([C@H](O)CN2c3nc(-c4ccncn4)cc(=O)n3CCC2(C)C)c(OC)c1. The number of aromatic nitrogens is 4. The molecule has 168 valence electrons. The molecule has 2 aromatic heterocycles. The summed E-state index contributed by atoms with van der Waals surface area (Å²) >= 11 is 0. The predicted octanol–water partition coefficient (Wildman–Crippen LogP) is 2.44. The second kappa shape index (κ2) is 8.58. The highest BCUT2D eigenvalue weighted by molar-refractivity contribution is 5.56. The summed E-state index contributed by atoms with van der Waals surface area (Å²) in [5, 5.41) is 11.2. The largest absolute Gasteiger partial charge is 0.497 e. The van der Waals surface area contributed by atoms with Crippen molar-refractivity contribution in [2.45, 2.75) is 38.5 Å². The van der Waals surface area contributed by atoms with E-state index in [0.717, 1.165) is 6.42 Å². The number of β-amino-alcohol motifs (C(OH)–C–C–N with tert-alkyl or cyclic N) is 1. The minimum Gasteiger partial charge on any atom is -0.497 e. The Morgan fingerprint density at radius 1 is 1.16 bits per heavy atom. The van der Waals surface area contributed by atoms with Crippen molar-refractivity contribution in [2.24, 2.45) is 0 Å². The van der Waals surface area contributed by atoms with Gasteiger partial charge in [0.25, 0.3) is 5.56 Å². The maximum Gasteiger partial charge on any atom is 0.255 e. The Labute approximate surface area is 186 Å². The van der Waals surface area contributed by atoms with Crippen molar-refractivity contribution >= 4 is 5.95 Å². The van der Waals surface area contributed by atoms with E-state index in [4.69, 9.17) is 14.5 Å². The van der Waals surface area contributed by atoms with Crippen LogP contribution in [0.4, 0.5) is 5.95 Å². The number of methoxy groups -OCH3 is 2. The molecule has 1 N–H and O–H groups in total. The van der Waals surface area contributed by atoms with Gasteiger partial charge in [-0.1, -0.05) is 0 Å². The van der Waals surface area contributed by atoms with Crippen molar-refractivity contribution in [1.29, 1.82) is 0 Å². The Hall–Kier alpha value is -3.46. The first-order chi connectivity index (χ1) is 15.3. The van der Waals surface area contributed by atoms with Gasteiger partial charge in [-0.2, -0.15) is 0 Å². The summed E-state index contributed by atoms with van der Waals surface area (Å²) < 4.78 is 12.4. The van der Waals surface area contributed by atoms with Crippen LogP contribution in [0, 0.1) is 0 Å². The molecule has 0 radical (unpaired) electrons.